The lowest BCUT2D eigenvalue weighted by molar-refractivity contribution is -0.133. The maximum absolute atomic E-state index is 13.8. The molecule has 3 amide bonds. The first-order valence-electron chi connectivity index (χ1n) is 15.1. The van der Waals surface area contributed by atoms with Crippen LogP contribution in [0, 0.1) is 30.6 Å². The van der Waals surface area contributed by atoms with Crippen molar-refractivity contribution >= 4 is 56.8 Å². The number of fused-ring (bicyclic) bond motifs is 1. The number of aryl methyl sites for hydroxylation is 2. The molecule has 2 aromatic rings. The summed E-state index contributed by atoms with van der Waals surface area (Å²) in [5.74, 6) is 0.314. The van der Waals surface area contributed by atoms with Gasteiger partial charge in [-0.15, -0.1) is 11.3 Å². The number of carbonyl (C=O) groups excluding carboxylic acids is 3. The van der Waals surface area contributed by atoms with Gasteiger partial charge in [-0.2, -0.15) is 0 Å². The lowest BCUT2D eigenvalue weighted by atomic mass is 9.71. The van der Waals surface area contributed by atoms with Crippen LogP contribution in [0.15, 0.2) is 24.4 Å². The highest BCUT2D eigenvalue weighted by molar-refractivity contribution is 14.1. The molecule has 42 heavy (non-hydrogen) atoms. The third kappa shape index (κ3) is 6.13. The number of nitrogens with zero attached hydrogens (tertiary/aromatic N) is 5. The molecular formula is C32H44IN5O3S. The molecule has 3 aliphatic heterocycles. The molecule has 0 N–H and O–H groups in total. The van der Waals surface area contributed by atoms with E-state index in [-0.39, 0.29) is 34.5 Å². The van der Waals surface area contributed by atoms with Gasteiger partial charge >= 0.3 is 0 Å². The number of amides is 3. The first-order chi connectivity index (χ1) is 19.9. The Morgan fingerprint density at radius 2 is 1.64 bits per heavy atom. The van der Waals surface area contributed by atoms with Gasteiger partial charge in [0, 0.05) is 90.5 Å². The third-order valence-corrected chi connectivity index (χ3v) is 12.3. The van der Waals surface area contributed by atoms with Gasteiger partial charge in [-0.25, -0.2) is 4.98 Å². The van der Waals surface area contributed by atoms with E-state index < -0.39 is 0 Å². The van der Waals surface area contributed by atoms with Crippen molar-refractivity contribution in [3.8, 4) is 0 Å². The van der Waals surface area contributed by atoms with E-state index >= 15 is 0 Å². The van der Waals surface area contributed by atoms with Crippen molar-refractivity contribution in [1.29, 1.82) is 0 Å². The zero-order valence-electron chi connectivity index (χ0n) is 25.6. The Morgan fingerprint density at radius 1 is 1.02 bits per heavy atom. The van der Waals surface area contributed by atoms with Crippen molar-refractivity contribution in [2.24, 2.45) is 16.7 Å². The summed E-state index contributed by atoms with van der Waals surface area (Å²) in [6.07, 6.45) is 4.17. The summed E-state index contributed by atoms with van der Waals surface area (Å²) < 4.78 is 0.877. The van der Waals surface area contributed by atoms with Crippen molar-refractivity contribution in [3.63, 3.8) is 0 Å². The van der Waals surface area contributed by atoms with E-state index in [1.54, 1.807) is 18.3 Å². The van der Waals surface area contributed by atoms with Crippen LogP contribution in [0.5, 0.6) is 0 Å². The Balaban J connectivity index is 1.21. The van der Waals surface area contributed by atoms with Gasteiger partial charge < -0.3 is 14.7 Å². The Labute approximate surface area is 268 Å². The summed E-state index contributed by atoms with van der Waals surface area (Å²) in [6, 6.07) is 6.07. The van der Waals surface area contributed by atoms with Crippen LogP contribution in [-0.2, 0) is 14.0 Å². The molecule has 2 atom stereocenters. The number of carbonyl (C=O) groups is 3. The number of likely N-dealkylation sites (tertiary alicyclic amines) is 3. The molecule has 0 saturated carbocycles. The Hall–Kier alpha value is -2.05. The first-order valence-corrected chi connectivity index (χ1v) is 17.4. The highest BCUT2D eigenvalue weighted by Gasteiger charge is 2.58. The van der Waals surface area contributed by atoms with Crippen LogP contribution in [-0.4, -0.2) is 89.8 Å². The maximum atomic E-state index is 13.8. The zero-order chi connectivity index (χ0) is 30.2. The molecule has 3 saturated heterocycles. The lowest BCUT2D eigenvalue weighted by Crippen LogP contribution is -2.44. The monoisotopic (exact) mass is 705 g/mol. The molecule has 5 rings (SSSR count). The number of hydrogen-bond donors (Lipinski definition) is 0. The van der Waals surface area contributed by atoms with Crippen molar-refractivity contribution in [2.75, 3.05) is 57.3 Å². The molecule has 1 aromatic carbocycles. The van der Waals surface area contributed by atoms with Crippen molar-refractivity contribution in [3.05, 3.63) is 46.0 Å². The van der Waals surface area contributed by atoms with Gasteiger partial charge in [-0.1, -0.05) is 54.6 Å². The van der Waals surface area contributed by atoms with Crippen LogP contribution in [0.4, 0.5) is 5.13 Å². The van der Waals surface area contributed by atoms with Crippen molar-refractivity contribution in [2.45, 2.75) is 58.3 Å². The molecule has 0 radical (unpaired) electrons. The van der Waals surface area contributed by atoms with Crippen LogP contribution >= 0.6 is 33.9 Å². The molecule has 0 bridgehead atoms. The molecule has 8 nitrogen and oxygen atoms in total. The summed E-state index contributed by atoms with van der Waals surface area (Å²) >= 11 is 3.95. The third-order valence-electron chi connectivity index (χ3n) is 9.98. The Kier molecular flexibility index (Phi) is 9.35. The van der Waals surface area contributed by atoms with Crippen LogP contribution in [0.25, 0.3) is 0 Å². The minimum atomic E-state index is -0.0723. The quantitative estimate of drug-likeness (QED) is 0.280. The highest BCUT2D eigenvalue weighted by atomic mass is 127. The fraction of sp³-hybridized carbons (Fsp3) is 0.625. The van der Waals surface area contributed by atoms with E-state index in [4.69, 9.17) is 0 Å². The number of anilines is 1. The van der Waals surface area contributed by atoms with E-state index in [0.717, 1.165) is 65.4 Å². The summed E-state index contributed by atoms with van der Waals surface area (Å²) in [5, 5.41) is 0.790. The molecule has 1 aromatic heterocycles. The second-order valence-electron chi connectivity index (χ2n) is 13.1. The number of aromatic nitrogens is 1. The van der Waals surface area contributed by atoms with E-state index in [0.29, 0.717) is 32.5 Å². The van der Waals surface area contributed by atoms with Gasteiger partial charge in [0.15, 0.2) is 5.13 Å². The number of thiazole rings is 1. The smallest absolute Gasteiger partial charge is 0.254 e. The van der Waals surface area contributed by atoms with Crippen LogP contribution in [0.1, 0.15) is 66.4 Å². The molecule has 4 heterocycles. The van der Waals surface area contributed by atoms with E-state index in [1.165, 1.54) is 4.88 Å². The van der Waals surface area contributed by atoms with Gasteiger partial charge in [0.25, 0.3) is 5.91 Å². The van der Waals surface area contributed by atoms with Crippen molar-refractivity contribution in [1.82, 2.24) is 19.7 Å². The Bertz CT molecular complexity index is 1300. The number of rotatable bonds is 8. The minimum absolute atomic E-state index is 0.0317. The number of alkyl halides is 1. The summed E-state index contributed by atoms with van der Waals surface area (Å²) in [7, 11) is 0. The second-order valence-corrected chi connectivity index (χ2v) is 15.0. The van der Waals surface area contributed by atoms with Gasteiger partial charge in [0.1, 0.15) is 0 Å². The SMILES string of the molecule is CC(=O)N1CCC(C(=O)N(CCCN2C[C@@]3(C)CN(C(=O)c4c(C)cccc4C)C[C@@]3(C)C2)c2ncc(CI)s2)CC1. The molecule has 0 unspecified atom stereocenters. The predicted molar refractivity (Wildman–Crippen MR) is 176 cm³/mol. The molecule has 0 aliphatic carbocycles. The topological polar surface area (TPSA) is 77.1 Å². The summed E-state index contributed by atoms with van der Waals surface area (Å²) in [5.41, 5.74) is 3.01. The first kappa shape index (κ1) is 31.4. The van der Waals surface area contributed by atoms with Gasteiger partial charge in [0.2, 0.25) is 11.8 Å². The molecule has 228 valence electrons. The molecule has 10 heteroatoms. The van der Waals surface area contributed by atoms with Crippen LogP contribution < -0.4 is 4.90 Å². The fourth-order valence-corrected chi connectivity index (χ4v) is 8.77. The minimum Gasteiger partial charge on any atom is -0.343 e. The van der Waals surface area contributed by atoms with E-state index in [2.05, 4.69) is 51.2 Å². The lowest BCUT2D eigenvalue weighted by Gasteiger charge is -2.33. The highest BCUT2D eigenvalue weighted by Crippen LogP contribution is 2.51. The molecular weight excluding hydrogens is 661 g/mol. The van der Waals surface area contributed by atoms with E-state index in [1.807, 2.05) is 48.0 Å². The molecule has 3 fully saturated rings. The number of halogens is 1. The molecule has 3 aliphatic rings. The van der Waals surface area contributed by atoms with Gasteiger partial charge in [-0.05, 0) is 50.8 Å². The number of piperidine rings is 1. The van der Waals surface area contributed by atoms with Gasteiger partial charge in [-0.3, -0.25) is 19.3 Å². The predicted octanol–water partition coefficient (Wildman–Crippen LogP) is 5.16. The molecule has 0 spiro atoms. The largest absolute Gasteiger partial charge is 0.343 e. The van der Waals surface area contributed by atoms with Gasteiger partial charge in [0.05, 0.1) is 0 Å². The van der Waals surface area contributed by atoms with E-state index in [9.17, 15) is 14.4 Å². The normalized spacial score (nSPS) is 24.7. The zero-order valence-corrected chi connectivity index (χ0v) is 28.6. The second kappa shape index (κ2) is 12.5. The summed E-state index contributed by atoms with van der Waals surface area (Å²) in [6.45, 7) is 16.6. The number of benzene rings is 1. The fourth-order valence-electron chi connectivity index (χ4n) is 7.31. The Morgan fingerprint density at radius 3 is 2.19 bits per heavy atom. The maximum Gasteiger partial charge on any atom is 0.254 e. The summed E-state index contributed by atoms with van der Waals surface area (Å²) in [4.78, 5) is 53.3. The van der Waals surface area contributed by atoms with Crippen molar-refractivity contribution < 1.29 is 14.4 Å². The average Bonchev–Trinajstić information content (AvgIpc) is 3.59. The van der Waals surface area contributed by atoms with Crippen LogP contribution in [0.2, 0.25) is 0 Å². The number of hydrogen-bond acceptors (Lipinski definition) is 6. The average molecular weight is 706 g/mol. The van der Waals surface area contributed by atoms with Crippen LogP contribution in [0.3, 0.4) is 0 Å². The standard InChI is InChI=1S/C32H44IN5O3S/c1-22-8-6-9-23(2)27(22)29(41)37-20-31(4)18-35(19-32(31,5)21-37)12-7-13-38(30-34-17-26(16-33)42-30)28(40)25-10-14-36(15-11-25)24(3)39/h6,8-9,17,25H,7,10-16,18-21H2,1-5H3/t31-,32+.